The van der Waals surface area contributed by atoms with E-state index in [-0.39, 0.29) is 17.2 Å². The average molecular weight is 579 g/mol. The molecule has 1 aromatic rings. The van der Waals surface area contributed by atoms with Gasteiger partial charge in [-0.15, -0.1) is 0 Å². The molecule has 1 N–H and O–H groups in total. The number of pyridine rings is 1. The number of amides is 1. The Morgan fingerprint density at radius 2 is 2.09 bits per heavy atom. The first-order chi connectivity index (χ1) is 15.5. The van der Waals surface area contributed by atoms with Gasteiger partial charge in [0.05, 0.1) is 5.54 Å². The summed E-state index contributed by atoms with van der Waals surface area (Å²) >= 11 is 4.13. The maximum Gasteiger partial charge on any atom is 0.415 e. The van der Waals surface area contributed by atoms with Crippen LogP contribution in [0.2, 0.25) is 25.7 Å². The van der Waals surface area contributed by atoms with Crippen LogP contribution in [-0.4, -0.2) is 52.2 Å². The zero-order valence-electron chi connectivity index (χ0n) is 20.8. The van der Waals surface area contributed by atoms with E-state index in [1.807, 2.05) is 20.8 Å². The minimum atomic E-state index is -1.75. The van der Waals surface area contributed by atoms with Crippen molar-refractivity contribution in [3.05, 3.63) is 28.2 Å². The summed E-state index contributed by atoms with van der Waals surface area (Å²) < 4.78 is 37.7. The van der Waals surface area contributed by atoms with E-state index in [1.165, 1.54) is 6.20 Å². The van der Waals surface area contributed by atoms with Crippen molar-refractivity contribution in [3.63, 3.8) is 0 Å². The highest BCUT2D eigenvalue weighted by molar-refractivity contribution is 9.10. The largest absolute Gasteiger partial charge is 0.465 e. The lowest BCUT2D eigenvalue weighted by Gasteiger charge is -2.54. The summed E-state index contributed by atoms with van der Waals surface area (Å²) in [7, 11) is -1.43. The van der Waals surface area contributed by atoms with E-state index in [2.05, 4.69) is 40.6 Å². The molecule has 0 saturated heterocycles. The van der Waals surface area contributed by atoms with Crippen LogP contribution < -0.4 is 0 Å². The number of thioether (sulfide) groups is 1. The van der Waals surface area contributed by atoms with Gasteiger partial charge in [0.2, 0.25) is 5.95 Å². The van der Waals surface area contributed by atoms with Gasteiger partial charge in [-0.05, 0) is 59.6 Å². The Bertz CT molecular complexity index is 987. The Balaban J connectivity index is 2.09. The summed E-state index contributed by atoms with van der Waals surface area (Å²) in [6.07, 6.45) is -0.0762. The lowest BCUT2D eigenvalue weighted by atomic mass is 9.67. The smallest absolute Gasteiger partial charge is 0.415 e. The number of carboxylic acid groups (broad SMARTS) is 1. The molecule has 4 atom stereocenters. The van der Waals surface area contributed by atoms with Crippen molar-refractivity contribution in [1.82, 2.24) is 9.88 Å². The molecule has 0 aromatic carbocycles. The quantitative estimate of drug-likeness (QED) is 0.222. The molecule has 1 aromatic heterocycles. The van der Waals surface area contributed by atoms with Crippen LogP contribution in [-0.2, 0) is 10.3 Å². The van der Waals surface area contributed by atoms with Gasteiger partial charge in [-0.3, -0.25) is 0 Å². The molecular weight excluding hydrogens is 544 g/mol. The topological polar surface area (TPSA) is 75.0 Å². The molecule has 0 spiro atoms. The fourth-order valence-electron chi connectivity index (χ4n) is 4.39. The first-order valence-corrected chi connectivity index (χ1v) is 16.7. The highest BCUT2D eigenvalue weighted by Crippen LogP contribution is 2.62. The third kappa shape index (κ3) is 5.52. The Hall–Kier alpha value is -1.04. The summed E-state index contributed by atoms with van der Waals surface area (Å²) in [4.78, 5) is 22.1. The molecule has 0 bridgehead atoms. The molecule has 1 aliphatic heterocycles. The Labute approximate surface area is 214 Å². The van der Waals surface area contributed by atoms with Crippen molar-refractivity contribution >= 4 is 47.0 Å². The van der Waals surface area contributed by atoms with Gasteiger partial charge < -0.3 is 9.84 Å². The van der Waals surface area contributed by atoms with Gasteiger partial charge >= 0.3 is 6.09 Å². The van der Waals surface area contributed by atoms with Gasteiger partial charge in [-0.2, -0.15) is 4.39 Å². The van der Waals surface area contributed by atoms with Crippen molar-refractivity contribution < 1.29 is 23.4 Å². The van der Waals surface area contributed by atoms with Crippen LogP contribution in [0.5, 0.6) is 0 Å². The molecule has 2 heterocycles. The number of ether oxygens (including phenoxy) is 1. The molecule has 2 aliphatic rings. The fraction of sp³-hybridized carbons (Fsp3) is 0.696. The molecule has 3 unspecified atom stereocenters. The molecule has 6 nitrogen and oxygen atoms in total. The van der Waals surface area contributed by atoms with Crippen LogP contribution in [0.4, 0.5) is 13.6 Å². The van der Waals surface area contributed by atoms with Crippen molar-refractivity contribution in [2.75, 3.05) is 6.61 Å². The standard InChI is InChI=1S/C23H34BrF2N3O3SSi/c1-21(2,3)18(32-10-11-34(5,6)7)29(20(30)31)19-28-22(4,16-8-9-23(16,26)33-19)15-12-14(24)13-27-17(15)25/h12-13,16,18H,8-11H2,1-7H3,(H,30,31)/t16?,18?,22-,23?/m1/s1. The van der Waals surface area contributed by atoms with Crippen LogP contribution in [0.15, 0.2) is 21.7 Å². The molecule has 34 heavy (non-hydrogen) atoms. The van der Waals surface area contributed by atoms with E-state index in [1.54, 1.807) is 13.0 Å². The fourth-order valence-corrected chi connectivity index (χ4v) is 6.97. The molecule has 1 amide bonds. The molecular formula is C23H34BrF2N3O3SSi. The van der Waals surface area contributed by atoms with Crippen LogP contribution >= 0.6 is 27.7 Å². The second-order valence-corrected chi connectivity index (χ2v) is 19.4. The van der Waals surface area contributed by atoms with Crippen LogP contribution in [0.25, 0.3) is 0 Å². The zero-order chi connectivity index (χ0) is 25.7. The molecule has 190 valence electrons. The highest BCUT2D eigenvalue weighted by atomic mass is 79.9. The Kier molecular flexibility index (Phi) is 7.65. The third-order valence-corrected chi connectivity index (χ3v) is 9.86. The van der Waals surface area contributed by atoms with Gasteiger partial charge in [-0.1, -0.05) is 40.4 Å². The second kappa shape index (κ2) is 9.44. The number of fused-ring (bicyclic) bond motifs is 1. The summed E-state index contributed by atoms with van der Waals surface area (Å²) in [5.74, 6) is -1.34. The van der Waals surface area contributed by atoms with E-state index < -0.39 is 48.2 Å². The SMILES string of the molecule is CC(C)(C)C(OCC[Si](C)(C)C)N(C(=O)O)C1=N[C@](C)(c2cc(Br)cnc2F)C2CCC2(F)S1. The van der Waals surface area contributed by atoms with Crippen molar-refractivity contribution in [3.8, 4) is 0 Å². The molecule has 0 radical (unpaired) electrons. The van der Waals surface area contributed by atoms with E-state index in [9.17, 15) is 14.3 Å². The van der Waals surface area contributed by atoms with Gasteiger partial charge in [0.1, 0.15) is 6.23 Å². The molecule has 11 heteroatoms. The molecule has 1 fully saturated rings. The van der Waals surface area contributed by atoms with Crippen LogP contribution in [0, 0.1) is 17.3 Å². The Morgan fingerprint density at radius 3 is 2.59 bits per heavy atom. The number of aliphatic imine (C=N–C) groups is 1. The number of halogens is 3. The minimum absolute atomic E-state index is 0.0132. The predicted molar refractivity (Wildman–Crippen MR) is 138 cm³/mol. The van der Waals surface area contributed by atoms with Gasteiger partial charge in [0, 0.05) is 42.2 Å². The second-order valence-electron chi connectivity index (χ2n) is 11.6. The maximum absolute atomic E-state index is 16.1. The number of aromatic nitrogens is 1. The summed E-state index contributed by atoms with van der Waals surface area (Å²) in [6, 6.07) is 2.41. The first kappa shape index (κ1) is 27.5. The lowest BCUT2D eigenvalue weighted by molar-refractivity contribution is -0.0770. The van der Waals surface area contributed by atoms with Gasteiger partial charge in [0.25, 0.3) is 0 Å². The molecule has 3 rings (SSSR count). The lowest BCUT2D eigenvalue weighted by Crippen LogP contribution is -2.59. The highest BCUT2D eigenvalue weighted by Gasteiger charge is 2.62. The molecule has 1 saturated carbocycles. The summed E-state index contributed by atoms with van der Waals surface area (Å²) in [5.41, 5.74) is -1.79. The number of nitrogens with zero attached hydrogens (tertiary/aromatic N) is 3. The number of amidine groups is 1. The van der Waals surface area contributed by atoms with E-state index in [0.717, 1.165) is 22.7 Å². The van der Waals surface area contributed by atoms with E-state index >= 15 is 4.39 Å². The van der Waals surface area contributed by atoms with Crippen LogP contribution in [0.3, 0.4) is 0 Å². The third-order valence-electron chi connectivity index (χ3n) is 6.43. The predicted octanol–water partition coefficient (Wildman–Crippen LogP) is 7.08. The number of hydrogen-bond acceptors (Lipinski definition) is 5. The van der Waals surface area contributed by atoms with Gasteiger partial charge in [-0.25, -0.2) is 24.1 Å². The van der Waals surface area contributed by atoms with Crippen LogP contribution in [0.1, 0.15) is 46.1 Å². The van der Waals surface area contributed by atoms with E-state index in [0.29, 0.717) is 17.5 Å². The average Bonchev–Trinajstić information content (AvgIpc) is 2.65. The minimum Gasteiger partial charge on any atom is -0.465 e. The number of hydrogen-bond donors (Lipinski definition) is 1. The Morgan fingerprint density at radius 1 is 1.44 bits per heavy atom. The molecule has 1 aliphatic carbocycles. The number of carbonyl (C=O) groups is 1. The van der Waals surface area contributed by atoms with Crippen molar-refractivity contribution in [2.45, 2.75) is 83.0 Å². The van der Waals surface area contributed by atoms with Gasteiger partial charge in [0.15, 0.2) is 10.2 Å². The summed E-state index contributed by atoms with van der Waals surface area (Å²) in [5, 5.41) is 8.49. The maximum atomic E-state index is 16.1. The van der Waals surface area contributed by atoms with Crippen molar-refractivity contribution in [2.24, 2.45) is 16.3 Å². The normalized spacial score (nSPS) is 27.9. The zero-order valence-corrected chi connectivity index (χ0v) is 24.2. The number of rotatable bonds is 6. The van der Waals surface area contributed by atoms with E-state index in [4.69, 9.17) is 9.73 Å². The number of alkyl halides is 1. The monoisotopic (exact) mass is 577 g/mol. The first-order valence-electron chi connectivity index (χ1n) is 11.4. The summed E-state index contributed by atoms with van der Waals surface area (Å²) in [6.45, 7) is 14.3. The van der Waals surface area contributed by atoms with Crippen molar-refractivity contribution in [1.29, 1.82) is 0 Å².